The van der Waals surface area contributed by atoms with Gasteiger partial charge in [-0.3, -0.25) is 9.20 Å². The molecule has 1 amide bonds. The van der Waals surface area contributed by atoms with Crippen LogP contribution in [0.5, 0.6) is 0 Å². The number of fused-ring (bicyclic) bond motifs is 2. The number of hydrogen-bond donors (Lipinski definition) is 0. The largest absolute Gasteiger partial charge is 0.384 e. The highest BCUT2D eigenvalue weighted by Crippen LogP contribution is 2.62. The van der Waals surface area contributed by atoms with E-state index in [1.54, 1.807) is 18.4 Å². The van der Waals surface area contributed by atoms with Gasteiger partial charge in [-0.15, -0.1) is 11.3 Å². The molecule has 3 heterocycles. The topological polar surface area (TPSA) is 46.8 Å². The van der Waals surface area contributed by atoms with Crippen molar-refractivity contribution < 1.29 is 9.53 Å². The molecular weight excluding hydrogens is 310 g/mol. The van der Waals surface area contributed by atoms with E-state index >= 15 is 0 Å². The van der Waals surface area contributed by atoms with Crippen LogP contribution in [0, 0.1) is 16.7 Å². The number of amides is 1. The molecule has 5 nitrogen and oxygen atoms in total. The van der Waals surface area contributed by atoms with Gasteiger partial charge in [0.25, 0.3) is 0 Å². The van der Waals surface area contributed by atoms with Crippen LogP contribution in [0.4, 0.5) is 0 Å². The van der Waals surface area contributed by atoms with Crippen molar-refractivity contribution in [3.8, 4) is 0 Å². The van der Waals surface area contributed by atoms with Crippen molar-refractivity contribution in [2.75, 3.05) is 26.8 Å². The molecule has 4 rings (SSSR count). The maximum atomic E-state index is 12.7. The van der Waals surface area contributed by atoms with Gasteiger partial charge in [0.1, 0.15) is 0 Å². The Kier molecular flexibility index (Phi) is 3.32. The van der Waals surface area contributed by atoms with Gasteiger partial charge < -0.3 is 9.64 Å². The van der Waals surface area contributed by atoms with Gasteiger partial charge in [0.05, 0.1) is 18.7 Å². The molecule has 6 heteroatoms. The quantitative estimate of drug-likeness (QED) is 0.863. The number of likely N-dealkylation sites (tertiary alicyclic amines) is 1. The van der Waals surface area contributed by atoms with Gasteiger partial charge in [0.15, 0.2) is 4.96 Å². The highest BCUT2D eigenvalue weighted by molar-refractivity contribution is 7.15. The molecule has 0 aromatic carbocycles. The van der Waals surface area contributed by atoms with E-state index in [9.17, 15) is 4.79 Å². The SMILES string of the molecule is COC[C@@]12CN(C(=O)Cc3cn4ccsc4n3)C[C@@H]1C(C)(C)C2. The van der Waals surface area contributed by atoms with Crippen molar-refractivity contribution in [2.45, 2.75) is 26.7 Å². The molecule has 2 fully saturated rings. The molecule has 1 saturated carbocycles. The molecule has 1 saturated heterocycles. The third-order valence-corrected chi connectivity index (χ3v) is 6.43. The molecule has 0 radical (unpaired) electrons. The van der Waals surface area contributed by atoms with E-state index in [0.29, 0.717) is 17.8 Å². The average Bonchev–Trinajstić information content (AvgIpc) is 3.10. The first kappa shape index (κ1) is 15.1. The summed E-state index contributed by atoms with van der Waals surface area (Å²) in [5.41, 5.74) is 1.34. The van der Waals surface area contributed by atoms with E-state index in [4.69, 9.17) is 4.74 Å². The lowest BCUT2D eigenvalue weighted by molar-refractivity contribution is -0.130. The van der Waals surface area contributed by atoms with Crippen molar-refractivity contribution in [2.24, 2.45) is 16.7 Å². The second-order valence-electron chi connectivity index (χ2n) is 7.79. The predicted octanol–water partition coefficient (Wildman–Crippen LogP) is 2.46. The molecule has 2 aromatic rings. The zero-order valence-corrected chi connectivity index (χ0v) is 14.7. The van der Waals surface area contributed by atoms with Gasteiger partial charge in [-0.05, 0) is 17.8 Å². The van der Waals surface area contributed by atoms with Gasteiger partial charge >= 0.3 is 0 Å². The molecule has 2 aliphatic rings. The van der Waals surface area contributed by atoms with Crippen LogP contribution in [0.1, 0.15) is 26.0 Å². The Morgan fingerprint density at radius 3 is 3.04 bits per heavy atom. The van der Waals surface area contributed by atoms with E-state index in [1.807, 2.05) is 27.1 Å². The summed E-state index contributed by atoms with van der Waals surface area (Å²) in [4.78, 5) is 20.2. The Balaban J connectivity index is 1.48. The highest BCUT2D eigenvalue weighted by Gasteiger charge is 2.63. The van der Waals surface area contributed by atoms with E-state index in [-0.39, 0.29) is 11.3 Å². The first-order chi connectivity index (χ1) is 10.9. The maximum Gasteiger partial charge on any atom is 0.228 e. The normalized spacial score (nSPS) is 28.8. The summed E-state index contributed by atoms with van der Waals surface area (Å²) in [6.45, 7) is 7.06. The van der Waals surface area contributed by atoms with E-state index in [0.717, 1.165) is 36.8 Å². The maximum absolute atomic E-state index is 12.7. The van der Waals surface area contributed by atoms with Gasteiger partial charge in [-0.2, -0.15) is 0 Å². The van der Waals surface area contributed by atoms with Gasteiger partial charge in [0.2, 0.25) is 5.91 Å². The van der Waals surface area contributed by atoms with Gasteiger partial charge in [-0.25, -0.2) is 4.98 Å². The Morgan fingerprint density at radius 1 is 1.52 bits per heavy atom. The molecular formula is C17H23N3O2S. The number of nitrogens with zero attached hydrogens (tertiary/aromatic N) is 3. The van der Waals surface area contributed by atoms with Gasteiger partial charge in [-0.1, -0.05) is 13.8 Å². The summed E-state index contributed by atoms with van der Waals surface area (Å²) in [7, 11) is 1.76. The molecule has 0 spiro atoms. The fourth-order valence-corrected chi connectivity index (χ4v) is 5.65. The van der Waals surface area contributed by atoms with E-state index in [2.05, 4.69) is 18.8 Å². The fourth-order valence-electron chi connectivity index (χ4n) is 4.93. The Morgan fingerprint density at radius 2 is 2.35 bits per heavy atom. The van der Waals surface area contributed by atoms with Crippen molar-refractivity contribution in [3.63, 3.8) is 0 Å². The molecule has 2 aromatic heterocycles. The van der Waals surface area contributed by atoms with E-state index < -0.39 is 0 Å². The number of methoxy groups -OCH3 is 1. The smallest absolute Gasteiger partial charge is 0.228 e. The molecule has 124 valence electrons. The Bertz CT molecular complexity index is 721. The lowest BCUT2D eigenvalue weighted by atomic mass is 9.48. The summed E-state index contributed by atoms with van der Waals surface area (Å²) < 4.78 is 7.45. The number of ether oxygens (including phenoxy) is 1. The molecule has 1 aliphatic carbocycles. The van der Waals surface area contributed by atoms with Crippen LogP contribution in [0.25, 0.3) is 4.96 Å². The summed E-state index contributed by atoms with van der Waals surface area (Å²) in [6.07, 6.45) is 5.48. The third kappa shape index (κ3) is 2.31. The zero-order chi connectivity index (χ0) is 16.2. The van der Waals surface area contributed by atoms with Crippen LogP contribution in [0.15, 0.2) is 17.8 Å². The summed E-state index contributed by atoms with van der Waals surface area (Å²) in [5, 5.41) is 2.00. The van der Waals surface area contributed by atoms with Crippen LogP contribution in [0.3, 0.4) is 0 Å². The summed E-state index contributed by atoms with van der Waals surface area (Å²) >= 11 is 1.59. The van der Waals surface area contributed by atoms with Crippen LogP contribution in [-0.4, -0.2) is 47.0 Å². The second kappa shape index (κ2) is 5.05. The Hall–Kier alpha value is -1.40. The van der Waals surface area contributed by atoms with Crippen molar-refractivity contribution >= 4 is 22.2 Å². The van der Waals surface area contributed by atoms with Crippen molar-refractivity contribution in [1.82, 2.24) is 14.3 Å². The van der Waals surface area contributed by atoms with E-state index in [1.165, 1.54) is 0 Å². The average molecular weight is 333 g/mol. The standard InChI is InChI=1S/C17H23N3O2S/c1-16(2)9-17(11-22-3)10-20(8-13(16)17)14(21)6-12-7-19-4-5-23-15(19)18-12/h4-5,7,13H,6,8-11H2,1-3H3/t13-,17-/m1/s1. The van der Waals surface area contributed by atoms with Crippen molar-refractivity contribution in [3.05, 3.63) is 23.5 Å². The lowest BCUT2D eigenvalue weighted by Crippen LogP contribution is -2.55. The number of hydrogen-bond acceptors (Lipinski definition) is 4. The molecule has 23 heavy (non-hydrogen) atoms. The molecule has 0 N–H and O–H groups in total. The minimum atomic E-state index is 0.169. The van der Waals surface area contributed by atoms with Crippen LogP contribution < -0.4 is 0 Å². The van der Waals surface area contributed by atoms with Gasteiger partial charge in [0, 0.05) is 43.4 Å². The molecule has 0 bridgehead atoms. The summed E-state index contributed by atoms with van der Waals surface area (Å²) in [5.74, 6) is 0.737. The summed E-state index contributed by atoms with van der Waals surface area (Å²) in [6, 6.07) is 0. The number of thiazole rings is 1. The molecule has 2 atom stereocenters. The third-order valence-electron chi connectivity index (χ3n) is 5.66. The lowest BCUT2D eigenvalue weighted by Gasteiger charge is -2.56. The minimum Gasteiger partial charge on any atom is -0.384 e. The van der Waals surface area contributed by atoms with Crippen molar-refractivity contribution in [1.29, 1.82) is 0 Å². The first-order valence-electron chi connectivity index (χ1n) is 8.11. The highest BCUT2D eigenvalue weighted by atomic mass is 32.1. The molecule has 0 unspecified atom stereocenters. The minimum absolute atomic E-state index is 0.169. The van der Waals surface area contributed by atoms with Crippen LogP contribution in [-0.2, 0) is 16.0 Å². The molecule has 1 aliphatic heterocycles. The number of rotatable bonds is 4. The number of carbonyl (C=O) groups excluding carboxylic acids is 1. The zero-order valence-electron chi connectivity index (χ0n) is 13.9. The van der Waals surface area contributed by atoms with Crippen LogP contribution >= 0.6 is 11.3 Å². The fraction of sp³-hybridized carbons (Fsp3) is 0.647. The predicted molar refractivity (Wildman–Crippen MR) is 89.6 cm³/mol. The Labute approximate surface area is 140 Å². The monoisotopic (exact) mass is 333 g/mol. The first-order valence-corrected chi connectivity index (χ1v) is 8.99. The second-order valence-corrected chi connectivity index (χ2v) is 8.66. The number of imidazole rings is 1. The number of carbonyl (C=O) groups is 1. The number of aromatic nitrogens is 2. The van der Waals surface area contributed by atoms with Crippen LogP contribution in [0.2, 0.25) is 0 Å².